The maximum absolute atomic E-state index is 13.0. The fourth-order valence-electron chi connectivity index (χ4n) is 3.06. The SMILES string of the molecule is COC(C)(C(=O)Nc1cnn(-c2cc(C)ccc2C)c1C)c1ccccc1. The zero-order chi connectivity index (χ0) is 19.6. The second-order valence-electron chi connectivity index (χ2n) is 6.90. The number of carbonyl (C=O) groups is 1. The monoisotopic (exact) mass is 363 g/mol. The van der Waals surface area contributed by atoms with Crippen LogP contribution in [0, 0.1) is 20.8 Å². The first-order valence-corrected chi connectivity index (χ1v) is 8.91. The molecule has 0 aliphatic rings. The number of hydrogen-bond donors (Lipinski definition) is 1. The van der Waals surface area contributed by atoms with E-state index >= 15 is 0 Å². The van der Waals surface area contributed by atoms with Gasteiger partial charge in [-0.3, -0.25) is 4.79 Å². The predicted octanol–water partition coefficient (Wildman–Crippen LogP) is 4.30. The van der Waals surface area contributed by atoms with Gasteiger partial charge in [0.25, 0.3) is 5.91 Å². The van der Waals surface area contributed by atoms with Gasteiger partial charge in [0.15, 0.2) is 5.60 Å². The summed E-state index contributed by atoms with van der Waals surface area (Å²) in [5.74, 6) is -0.236. The number of carbonyl (C=O) groups excluding carboxylic acids is 1. The molecule has 0 spiro atoms. The molecule has 1 unspecified atom stereocenters. The minimum Gasteiger partial charge on any atom is -0.364 e. The molecule has 1 atom stereocenters. The van der Waals surface area contributed by atoms with Crippen molar-refractivity contribution >= 4 is 11.6 Å². The lowest BCUT2D eigenvalue weighted by Gasteiger charge is -2.27. The molecule has 1 aromatic heterocycles. The average molecular weight is 363 g/mol. The average Bonchev–Trinajstić information content (AvgIpc) is 3.04. The summed E-state index contributed by atoms with van der Waals surface area (Å²) in [4.78, 5) is 13.0. The molecular formula is C22H25N3O2. The number of rotatable bonds is 5. The summed E-state index contributed by atoms with van der Waals surface area (Å²) in [6, 6.07) is 15.7. The number of nitrogens with one attached hydrogen (secondary N) is 1. The van der Waals surface area contributed by atoms with Crippen LogP contribution >= 0.6 is 0 Å². The maximum atomic E-state index is 13.0. The highest BCUT2D eigenvalue weighted by molar-refractivity contribution is 5.98. The summed E-state index contributed by atoms with van der Waals surface area (Å²) in [6.07, 6.45) is 1.68. The van der Waals surface area contributed by atoms with E-state index in [0.717, 1.165) is 28.1 Å². The second-order valence-corrected chi connectivity index (χ2v) is 6.90. The van der Waals surface area contributed by atoms with Crippen LogP contribution in [0.4, 0.5) is 5.69 Å². The Morgan fingerprint density at radius 3 is 2.48 bits per heavy atom. The lowest BCUT2D eigenvalue weighted by Crippen LogP contribution is -2.39. The summed E-state index contributed by atoms with van der Waals surface area (Å²) in [5, 5.41) is 7.46. The van der Waals surface area contributed by atoms with Crippen molar-refractivity contribution in [2.45, 2.75) is 33.3 Å². The van der Waals surface area contributed by atoms with E-state index in [1.165, 1.54) is 0 Å². The van der Waals surface area contributed by atoms with Crippen molar-refractivity contribution in [3.8, 4) is 5.69 Å². The molecule has 0 bridgehead atoms. The summed E-state index contributed by atoms with van der Waals surface area (Å²) in [5.41, 5.74) is 4.52. The van der Waals surface area contributed by atoms with E-state index in [2.05, 4.69) is 28.6 Å². The highest BCUT2D eigenvalue weighted by Gasteiger charge is 2.35. The molecule has 0 aliphatic heterocycles. The Kier molecular flexibility index (Phi) is 5.15. The van der Waals surface area contributed by atoms with E-state index in [4.69, 9.17) is 4.74 Å². The van der Waals surface area contributed by atoms with Crippen LogP contribution in [0.3, 0.4) is 0 Å². The molecule has 2 aromatic carbocycles. The third-order valence-electron chi connectivity index (χ3n) is 5.02. The molecule has 1 heterocycles. The van der Waals surface area contributed by atoms with Crippen molar-refractivity contribution in [3.63, 3.8) is 0 Å². The van der Waals surface area contributed by atoms with Gasteiger partial charge in [0.2, 0.25) is 0 Å². The van der Waals surface area contributed by atoms with Gasteiger partial charge in [0.1, 0.15) is 0 Å². The molecule has 3 rings (SSSR count). The Balaban J connectivity index is 1.92. The summed E-state index contributed by atoms with van der Waals surface area (Å²) in [6.45, 7) is 7.80. The van der Waals surface area contributed by atoms with Crippen molar-refractivity contribution in [3.05, 3.63) is 77.1 Å². The first-order valence-electron chi connectivity index (χ1n) is 8.91. The van der Waals surface area contributed by atoms with Crippen LogP contribution in [-0.2, 0) is 15.1 Å². The number of hydrogen-bond acceptors (Lipinski definition) is 3. The molecule has 27 heavy (non-hydrogen) atoms. The molecule has 5 nitrogen and oxygen atoms in total. The fourth-order valence-corrected chi connectivity index (χ4v) is 3.06. The van der Waals surface area contributed by atoms with Crippen molar-refractivity contribution in [2.75, 3.05) is 12.4 Å². The van der Waals surface area contributed by atoms with Gasteiger partial charge in [-0.05, 0) is 50.5 Å². The molecule has 0 saturated heterocycles. The van der Waals surface area contributed by atoms with Crippen LogP contribution in [0.5, 0.6) is 0 Å². The van der Waals surface area contributed by atoms with Gasteiger partial charge in [-0.15, -0.1) is 0 Å². The van der Waals surface area contributed by atoms with Gasteiger partial charge in [-0.2, -0.15) is 5.10 Å². The molecule has 1 N–H and O–H groups in total. The lowest BCUT2D eigenvalue weighted by molar-refractivity contribution is -0.136. The van der Waals surface area contributed by atoms with E-state index in [0.29, 0.717) is 5.69 Å². The van der Waals surface area contributed by atoms with E-state index in [-0.39, 0.29) is 5.91 Å². The van der Waals surface area contributed by atoms with E-state index in [1.807, 2.05) is 55.8 Å². The smallest absolute Gasteiger partial charge is 0.261 e. The van der Waals surface area contributed by atoms with Crippen molar-refractivity contribution in [1.82, 2.24) is 9.78 Å². The Hall–Kier alpha value is -2.92. The number of aryl methyl sites for hydroxylation is 2. The molecule has 3 aromatic rings. The minimum atomic E-state index is -1.09. The van der Waals surface area contributed by atoms with E-state index in [1.54, 1.807) is 20.2 Å². The summed E-state index contributed by atoms with van der Waals surface area (Å²) < 4.78 is 7.44. The van der Waals surface area contributed by atoms with Crippen LogP contribution in [0.15, 0.2) is 54.7 Å². The number of aromatic nitrogens is 2. The van der Waals surface area contributed by atoms with Gasteiger partial charge < -0.3 is 10.1 Å². The quantitative estimate of drug-likeness (QED) is 0.735. The predicted molar refractivity (Wildman–Crippen MR) is 107 cm³/mol. The molecule has 0 radical (unpaired) electrons. The van der Waals surface area contributed by atoms with E-state index < -0.39 is 5.60 Å². The first kappa shape index (κ1) is 18.9. The summed E-state index contributed by atoms with van der Waals surface area (Å²) >= 11 is 0. The van der Waals surface area contributed by atoms with Gasteiger partial charge in [-0.25, -0.2) is 4.68 Å². The van der Waals surface area contributed by atoms with Crippen molar-refractivity contribution in [1.29, 1.82) is 0 Å². The van der Waals surface area contributed by atoms with Crippen molar-refractivity contribution in [2.24, 2.45) is 0 Å². The fraction of sp³-hybridized carbons (Fsp3) is 0.273. The number of nitrogens with zero attached hydrogens (tertiary/aromatic N) is 2. The molecule has 5 heteroatoms. The van der Waals surface area contributed by atoms with Crippen LogP contribution in [0.2, 0.25) is 0 Å². The van der Waals surface area contributed by atoms with Gasteiger partial charge >= 0.3 is 0 Å². The largest absolute Gasteiger partial charge is 0.364 e. The Labute approximate surface area is 160 Å². The number of anilines is 1. The molecule has 0 fully saturated rings. The van der Waals surface area contributed by atoms with Gasteiger partial charge in [0, 0.05) is 7.11 Å². The van der Waals surface area contributed by atoms with Crippen LogP contribution in [-0.4, -0.2) is 22.8 Å². The Bertz CT molecular complexity index is 963. The number of amides is 1. The molecular weight excluding hydrogens is 338 g/mol. The zero-order valence-electron chi connectivity index (χ0n) is 16.4. The molecule has 0 saturated carbocycles. The summed E-state index contributed by atoms with van der Waals surface area (Å²) in [7, 11) is 1.54. The Morgan fingerprint density at radius 2 is 1.81 bits per heavy atom. The molecule has 1 amide bonds. The number of methoxy groups -OCH3 is 1. The number of benzene rings is 2. The molecule has 0 aliphatic carbocycles. The van der Waals surface area contributed by atoms with Gasteiger partial charge in [0.05, 0.1) is 23.3 Å². The highest BCUT2D eigenvalue weighted by atomic mass is 16.5. The third-order valence-corrected chi connectivity index (χ3v) is 5.02. The van der Waals surface area contributed by atoms with E-state index in [9.17, 15) is 4.79 Å². The van der Waals surface area contributed by atoms with Crippen LogP contribution < -0.4 is 5.32 Å². The maximum Gasteiger partial charge on any atom is 0.261 e. The third kappa shape index (κ3) is 3.51. The number of ether oxygens (including phenoxy) is 1. The highest BCUT2D eigenvalue weighted by Crippen LogP contribution is 2.28. The minimum absolute atomic E-state index is 0.236. The lowest BCUT2D eigenvalue weighted by atomic mass is 9.94. The first-order chi connectivity index (χ1) is 12.9. The van der Waals surface area contributed by atoms with Crippen LogP contribution in [0.1, 0.15) is 29.3 Å². The second kappa shape index (κ2) is 7.37. The van der Waals surface area contributed by atoms with Crippen LogP contribution in [0.25, 0.3) is 5.69 Å². The normalized spacial score (nSPS) is 13.2. The molecule has 140 valence electrons. The van der Waals surface area contributed by atoms with Gasteiger partial charge in [-0.1, -0.05) is 42.5 Å². The Morgan fingerprint density at radius 1 is 1.11 bits per heavy atom. The standard InChI is InChI=1S/C22H25N3O2/c1-15-11-12-16(2)20(13-15)25-17(3)19(14-23-25)24-21(26)22(4,27-5)18-9-7-6-8-10-18/h6-14H,1-5H3,(H,24,26). The topological polar surface area (TPSA) is 56.1 Å². The van der Waals surface area contributed by atoms with Crippen molar-refractivity contribution < 1.29 is 9.53 Å². The zero-order valence-corrected chi connectivity index (χ0v) is 16.4.